The lowest BCUT2D eigenvalue weighted by molar-refractivity contribution is -0.287. The number of ether oxygens (including phenoxy) is 3. The molecule has 0 saturated heterocycles. The highest BCUT2D eigenvalue weighted by atomic mass is 19.4. The van der Waals surface area contributed by atoms with Crippen LogP contribution in [0.4, 0.5) is 26.3 Å². The van der Waals surface area contributed by atoms with Crippen LogP contribution in [0, 0.1) is 6.07 Å². The lowest BCUT2D eigenvalue weighted by Gasteiger charge is -2.18. The smallest absolute Gasteiger partial charge is 0.453 e. The van der Waals surface area contributed by atoms with E-state index >= 15 is 0 Å². The predicted octanol–water partition coefficient (Wildman–Crippen LogP) is 5.08. The first-order valence-corrected chi connectivity index (χ1v) is 5.93. The molecule has 23 heavy (non-hydrogen) atoms. The van der Waals surface area contributed by atoms with Crippen LogP contribution in [0.25, 0.3) is 0 Å². The van der Waals surface area contributed by atoms with Crippen molar-refractivity contribution in [2.75, 3.05) is 0 Å². The minimum atomic E-state index is -5.23. The Morgan fingerprint density at radius 2 is 1.39 bits per heavy atom. The van der Waals surface area contributed by atoms with Crippen LogP contribution in [0.2, 0.25) is 0 Å². The van der Waals surface area contributed by atoms with Crippen molar-refractivity contribution in [2.45, 2.75) is 12.7 Å². The molecule has 0 spiro atoms. The van der Waals surface area contributed by atoms with Gasteiger partial charge in [0.25, 0.3) is 0 Å². The van der Waals surface area contributed by atoms with Crippen molar-refractivity contribution < 1.29 is 40.6 Å². The van der Waals surface area contributed by atoms with Crippen LogP contribution in [0.15, 0.2) is 42.5 Å². The van der Waals surface area contributed by atoms with Crippen molar-refractivity contribution in [3.05, 3.63) is 48.5 Å². The quantitative estimate of drug-likeness (QED) is 0.729. The number of benzene rings is 2. The Hall–Kier alpha value is -2.58. The van der Waals surface area contributed by atoms with Gasteiger partial charge in [-0.25, -0.2) is 0 Å². The number of hydrogen-bond donors (Lipinski definition) is 0. The Morgan fingerprint density at radius 1 is 0.739 bits per heavy atom. The van der Waals surface area contributed by atoms with Crippen LogP contribution in [-0.4, -0.2) is 12.7 Å². The molecule has 0 saturated carbocycles. The molecule has 123 valence electrons. The molecule has 0 N–H and O–H groups in total. The normalized spacial score (nSPS) is 11.9. The first kappa shape index (κ1) is 16.8. The van der Waals surface area contributed by atoms with Gasteiger partial charge in [0.05, 0.1) is 0 Å². The van der Waals surface area contributed by atoms with E-state index in [2.05, 4.69) is 15.5 Å². The van der Waals surface area contributed by atoms with Crippen molar-refractivity contribution in [3.63, 3.8) is 0 Å². The summed E-state index contributed by atoms with van der Waals surface area (Å²) in [4.78, 5) is 0. The van der Waals surface area contributed by atoms with Crippen molar-refractivity contribution in [1.29, 1.82) is 0 Å². The molecule has 1 radical (unpaired) electrons. The van der Waals surface area contributed by atoms with Crippen LogP contribution in [0.3, 0.4) is 0 Å². The summed E-state index contributed by atoms with van der Waals surface area (Å²) in [5.74, 6) is -3.03. The van der Waals surface area contributed by atoms with E-state index in [1.165, 1.54) is 18.2 Å². The maximum absolute atomic E-state index is 12.5. The number of halogens is 6. The van der Waals surface area contributed by atoms with Crippen molar-refractivity contribution in [2.24, 2.45) is 0 Å². The molecule has 0 atom stereocenters. The predicted molar refractivity (Wildman–Crippen MR) is 65.2 cm³/mol. The summed E-state index contributed by atoms with van der Waals surface area (Å²) in [6.07, 6.45) is -10.4. The van der Waals surface area contributed by atoms with Gasteiger partial charge in [-0.2, -0.15) is 0 Å². The van der Waals surface area contributed by atoms with E-state index in [0.29, 0.717) is 6.07 Å². The van der Waals surface area contributed by atoms with Gasteiger partial charge < -0.3 is 14.2 Å². The van der Waals surface area contributed by atoms with Crippen LogP contribution in [0.1, 0.15) is 0 Å². The maximum Gasteiger partial charge on any atom is 0.573 e. The van der Waals surface area contributed by atoms with Crippen molar-refractivity contribution in [3.8, 4) is 23.0 Å². The molecule has 0 bridgehead atoms. The fraction of sp³-hybridized carbons (Fsp3) is 0.143. The molecule has 2 aromatic carbocycles. The lowest BCUT2D eigenvalue weighted by atomic mass is 10.3. The van der Waals surface area contributed by atoms with Gasteiger partial charge in [-0.3, -0.25) is 0 Å². The third-order valence-electron chi connectivity index (χ3n) is 2.29. The van der Waals surface area contributed by atoms with Crippen LogP contribution < -0.4 is 14.2 Å². The third kappa shape index (κ3) is 5.28. The van der Waals surface area contributed by atoms with E-state index in [1.807, 2.05) is 0 Å². The van der Waals surface area contributed by atoms with Gasteiger partial charge >= 0.3 is 12.7 Å². The van der Waals surface area contributed by atoms with Gasteiger partial charge in [0, 0.05) is 6.07 Å². The summed E-state index contributed by atoms with van der Waals surface area (Å²) in [5.41, 5.74) is 0. The molecule has 0 unspecified atom stereocenters. The second-order valence-electron chi connectivity index (χ2n) is 4.01. The number of rotatable bonds is 4. The first-order valence-electron chi connectivity index (χ1n) is 5.93. The molecule has 2 aromatic rings. The Morgan fingerprint density at radius 3 is 1.96 bits per heavy atom. The highest BCUT2D eigenvalue weighted by Gasteiger charge is 2.38. The van der Waals surface area contributed by atoms with E-state index in [1.54, 1.807) is 6.07 Å². The Kier molecular flexibility index (Phi) is 4.57. The van der Waals surface area contributed by atoms with Gasteiger partial charge in [-0.15, -0.1) is 26.3 Å². The van der Waals surface area contributed by atoms with E-state index < -0.39 is 30.0 Å². The number of para-hydroxylation sites is 2. The number of hydrogen-bond acceptors (Lipinski definition) is 3. The maximum atomic E-state index is 12.5. The SMILES string of the molecule is FC(F)(F)Oc1cccc(Oc2[c]cccc2)c1OC(F)(F)F. The second kappa shape index (κ2) is 6.27. The molecule has 0 aromatic heterocycles. The van der Waals surface area contributed by atoms with Crippen LogP contribution >= 0.6 is 0 Å². The molecular formula is C14H7F6O3. The van der Waals surface area contributed by atoms with Gasteiger partial charge in [0.15, 0.2) is 11.5 Å². The summed E-state index contributed by atoms with van der Waals surface area (Å²) >= 11 is 0. The summed E-state index contributed by atoms with van der Waals surface area (Å²) in [6, 6.07) is 11.1. The fourth-order valence-corrected chi connectivity index (χ4v) is 1.56. The minimum Gasteiger partial charge on any atom is -0.453 e. The topological polar surface area (TPSA) is 27.7 Å². The highest BCUT2D eigenvalue weighted by molar-refractivity contribution is 5.52. The third-order valence-corrected chi connectivity index (χ3v) is 2.29. The summed E-state index contributed by atoms with van der Waals surface area (Å²) < 4.78 is 86.5. The Bertz CT molecular complexity index is 652. The van der Waals surface area contributed by atoms with E-state index in [0.717, 1.165) is 12.1 Å². The lowest BCUT2D eigenvalue weighted by Crippen LogP contribution is -2.21. The average Bonchev–Trinajstić information content (AvgIpc) is 2.41. The van der Waals surface area contributed by atoms with Gasteiger partial charge in [0.1, 0.15) is 5.75 Å². The monoisotopic (exact) mass is 337 g/mol. The highest BCUT2D eigenvalue weighted by Crippen LogP contribution is 2.43. The van der Waals surface area contributed by atoms with Gasteiger partial charge in [0.2, 0.25) is 5.75 Å². The molecule has 0 amide bonds. The summed E-state index contributed by atoms with van der Waals surface area (Å²) in [7, 11) is 0. The Labute approximate surface area is 126 Å². The second-order valence-corrected chi connectivity index (χ2v) is 4.01. The average molecular weight is 337 g/mol. The van der Waals surface area contributed by atoms with Crippen molar-refractivity contribution >= 4 is 0 Å². The minimum absolute atomic E-state index is 0.0105. The van der Waals surface area contributed by atoms with Crippen LogP contribution in [0.5, 0.6) is 23.0 Å². The summed E-state index contributed by atoms with van der Waals surface area (Å²) in [5, 5.41) is 0. The molecule has 9 heteroatoms. The molecule has 0 heterocycles. The van der Waals surface area contributed by atoms with E-state index in [9.17, 15) is 26.3 Å². The summed E-state index contributed by atoms with van der Waals surface area (Å²) in [6.45, 7) is 0. The molecule has 0 aliphatic carbocycles. The zero-order chi connectivity index (χ0) is 17.1. The van der Waals surface area contributed by atoms with E-state index in [4.69, 9.17) is 4.74 Å². The number of alkyl halides is 6. The molecule has 0 aliphatic rings. The fourth-order valence-electron chi connectivity index (χ4n) is 1.56. The first-order chi connectivity index (χ1) is 10.6. The van der Waals surface area contributed by atoms with Gasteiger partial charge in [-0.05, 0) is 18.2 Å². The standard InChI is InChI=1S/C14H7F6O3/c15-13(16,17)22-11-8-4-7-10(12(11)23-14(18,19)20)21-9-5-2-1-3-6-9/h1-5,7-8H. The zero-order valence-electron chi connectivity index (χ0n) is 11.0. The largest absolute Gasteiger partial charge is 0.573 e. The Balaban J connectivity index is 2.42. The molecular weight excluding hydrogens is 330 g/mol. The molecule has 0 fully saturated rings. The van der Waals surface area contributed by atoms with Crippen molar-refractivity contribution in [1.82, 2.24) is 0 Å². The van der Waals surface area contributed by atoms with E-state index in [-0.39, 0.29) is 5.75 Å². The molecule has 3 nitrogen and oxygen atoms in total. The van der Waals surface area contributed by atoms with Gasteiger partial charge in [-0.1, -0.05) is 24.3 Å². The van der Waals surface area contributed by atoms with Crippen LogP contribution in [-0.2, 0) is 0 Å². The molecule has 2 rings (SSSR count). The zero-order valence-corrected chi connectivity index (χ0v) is 11.0. The molecule has 0 aliphatic heterocycles.